The van der Waals surface area contributed by atoms with E-state index in [1.54, 1.807) is 17.5 Å². The fourth-order valence-electron chi connectivity index (χ4n) is 2.04. The highest BCUT2D eigenvalue weighted by Crippen LogP contribution is 2.29. The standard InChI is InChI=1S/C15H13BrN4S/c1-17-13(10-5-3-2-4-6-10)15-20-19-14(21-15)12-8-7-11(16)9-18-12/h2-9,13,17H,1H3. The van der Waals surface area contributed by atoms with Gasteiger partial charge in [-0.15, -0.1) is 10.2 Å². The van der Waals surface area contributed by atoms with Crippen molar-refractivity contribution in [3.8, 4) is 10.7 Å². The summed E-state index contributed by atoms with van der Waals surface area (Å²) >= 11 is 4.94. The second-order valence-corrected chi connectivity index (χ2v) is 6.36. The first-order chi connectivity index (χ1) is 10.3. The molecule has 0 aliphatic carbocycles. The molecule has 106 valence electrons. The van der Waals surface area contributed by atoms with Crippen LogP contribution >= 0.6 is 27.3 Å². The maximum atomic E-state index is 4.36. The van der Waals surface area contributed by atoms with E-state index >= 15 is 0 Å². The van der Waals surface area contributed by atoms with Crippen molar-refractivity contribution in [1.82, 2.24) is 20.5 Å². The summed E-state index contributed by atoms with van der Waals surface area (Å²) in [5.74, 6) is 0. The molecule has 1 N–H and O–H groups in total. The van der Waals surface area contributed by atoms with Crippen LogP contribution in [0.1, 0.15) is 16.6 Å². The molecular weight excluding hydrogens is 348 g/mol. The highest BCUT2D eigenvalue weighted by molar-refractivity contribution is 9.10. The third kappa shape index (κ3) is 3.18. The monoisotopic (exact) mass is 360 g/mol. The van der Waals surface area contributed by atoms with Gasteiger partial charge < -0.3 is 5.32 Å². The van der Waals surface area contributed by atoms with E-state index in [4.69, 9.17) is 0 Å². The van der Waals surface area contributed by atoms with E-state index < -0.39 is 0 Å². The van der Waals surface area contributed by atoms with Crippen LogP contribution in [0.4, 0.5) is 0 Å². The minimum Gasteiger partial charge on any atom is -0.307 e. The van der Waals surface area contributed by atoms with E-state index in [9.17, 15) is 0 Å². The van der Waals surface area contributed by atoms with Gasteiger partial charge in [0, 0.05) is 10.7 Å². The Balaban J connectivity index is 1.92. The van der Waals surface area contributed by atoms with Crippen LogP contribution in [0.5, 0.6) is 0 Å². The molecule has 0 aliphatic rings. The molecule has 3 aromatic rings. The minimum atomic E-state index is 0.0490. The van der Waals surface area contributed by atoms with Crippen molar-refractivity contribution in [3.05, 3.63) is 63.7 Å². The predicted octanol–water partition coefficient (Wildman–Crippen LogP) is 3.67. The van der Waals surface area contributed by atoms with Crippen molar-refractivity contribution in [2.45, 2.75) is 6.04 Å². The second kappa shape index (κ2) is 6.43. The quantitative estimate of drug-likeness (QED) is 0.770. The molecule has 2 heterocycles. The summed E-state index contributed by atoms with van der Waals surface area (Å²) < 4.78 is 0.952. The van der Waals surface area contributed by atoms with Gasteiger partial charge in [0.2, 0.25) is 0 Å². The zero-order valence-electron chi connectivity index (χ0n) is 11.3. The molecule has 0 bridgehead atoms. The van der Waals surface area contributed by atoms with Gasteiger partial charge in [0.05, 0.1) is 6.04 Å². The number of hydrogen-bond donors (Lipinski definition) is 1. The van der Waals surface area contributed by atoms with Gasteiger partial charge in [0.1, 0.15) is 10.7 Å². The molecule has 1 atom stereocenters. The highest BCUT2D eigenvalue weighted by atomic mass is 79.9. The molecular formula is C15H13BrN4S. The number of halogens is 1. The number of nitrogens with one attached hydrogen (secondary N) is 1. The van der Waals surface area contributed by atoms with Crippen LogP contribution in [0.3, 0.4) is 0 Å². The van der Waals surface area contributed by atoms with E-state index in [-0.39, 0.29) is 6.04 Å². The van der Waals surface area contributed by atoms with Crippen LogP contribution in [0, 0.1) is 0 Å². The smallest absolute Gasteiger partial charge is 0.166 e. The van der Waals surface area contributed by atoms with Crippen LogP contribution in [-0.2, 0) is 0 Å². The molecule has 0 saturated heterocycles. The summed E-state index contributed by atoms with van der Waals surface area (Å²) in [4.78, 5) is 4.36. The Morgan fingerprint density at radius 3 is 2.57 bits per heavy atom. The number of hydrogen-bond acceptors (Lipinski definition) is 5. The lowest BCUT2D eigenvalue weighted by atomic mass is 10.1. The summed E-state index contributed by atoms with van der Waals surface area (Å²) in [5.41, 5.74) is 2.01. The average molecular weight is 361 g/mol. The molecule has 0 aliphatic heterocycles. The van der Waals surface area contributed by atoms with Gasteiger partial charge in [-0.2, -0.15) is 0 Å². The Morgan fingerprint density at radius 2 is 1.90 bits per heavy atom. The average Bonchev–Trinajstić information content (AvgIpc) is 2.99. The second-order valence-electron chi connectivity index (χ2n) is 4.44. The fraction of sp³-hybridized carbons (Fsp3) is 0.133. The van der Waals surface area contributed by atoms with E-state index in [2.05, 4.69) is 48.6 Å². The topological polar surface area (TPSA) is 50.7 Å². The van der Waals surface area contributed by atoms with Gasteiger partial charge in [0.15, 0.2) is 5.01 Å². The Labute approximate surface area is 135 Å². The molecule has 21 heavy (non-hydrogen) atoms. The van der Waals surface area contributed by atoms with E-state index in [1.807, 2.05) is 37.4 Å². The normalized spacial score (nSPS) is 12.3. The summed E-state index contributed by atoms with van der Waals surface area (Å²) in [6, 6.07) is 14.2. The lowest BCUT2D eigenvalue weighted by Crippen LogP contribution is -2.17. The van der Waals surface area contributed by atoms with Crippen molar-refractivity contribution in [1.29, 1.82) is 0 Å². The lowest BCUT2D eigenvalue weighted by Gasteiger charge is -2.12. The summed E-state index contributed by atoms with van der Waals surface area (Å²) in [6.07, 6.45) is 1.77. The molecule has 6 heteroatoms. The molecule has 1 unspecified atom stereocenters. The van der Waals surface area contributed by atoms with Gasteiger partial charge in [-0.3, -0.25) is 4.98 Å². The highest BCUT2D eigenvalue weighted by Gasteiger charge is 2.17. The number of aromatic nitrogens is 3. The first-order valence-corrected chi connectivity index (χ1v) is 8.06. The molecule has 0 saturated carbocycles. The zero-order chi connectivity index (χ0) is 14.7. The molecule has 2 aromatic heterocycles. The molecule has 0 radical (unpaired) electrons. The van der Waals surface area contributed by atoms with Crippen molar-refractivity contribution in [2.24, 2.45) is 0 Å². The van der Waals surface area contributed by atoms with Crippen molar-refractivity contribution < 1.29 is 0 Å². The van der Waals surface area contributed by atoms with Gasteiger partial charge >= 0.3 is 0 Å². The van der Waals surface area contributed by atoms with Crippen LogP contribution in [0.2, 0.25) is 0 Å². The molecule has 1 aromatic carbocycles. The van der Waals surface area contributed by atoms with Crippen molar-refractivity contribution >= 4 is 27.3 Å². The number of pyridine rings is 1. The third-order valence-corrected chi connectivity index (χ3v) is 4.54. The Kier molecular flexibility index (Phi) is 4.38. The SMILES string of the molecule is CNC(c1ccccc1)c1nnc(-c2ccc(Br)cn2)s1. The Bertz CT molecular complexity index is 712. The molecule has 0 spiro atoms. The molecule has 3 rings (SSSR count). The van der Waals surface area contributed by atoms with E-state index in [0.29, 0.717) is 0 Å². The fourth-order valence-corrected chi connectivity index (χ4v) is 3.23. The Hall–Kier alpha value is -1.63. The van der Waals surface area contributed by atoms with Crippen LogP contribution in [-0.4, -0.2) is 22.2 Å². The summed E-state index contributed by atoms with van der Waals surface area (Å²) in [7, 11) is 1.93. The maximum Gasteiger partial charge on any atom is 0.166 e. The van der Waals surface area contributed by atoms with Gasteiger partial charge in [-0.25, -0.2) is 0 Å². The number of benzene rings is 1. The van der Waals surface area contributed by atoms with E-state index in [0.717, 1.165) is 20.2 Å². The van der Waals surface area contributed by atoms with Gasteiger partial charge in [-0.05, 0) is 40.7 Å². The van der Waals surface area contributed by atoms with Crippen molar-refractivity contribution in [2.75, 3.05) is 7.05 Å². The summed E-state index contributed by atoms with van der Waals surface area (Å²) in [6.45, 7) is 0. The van der Waals surface area contributed by atoms with Gasteiger partial charge in [0.25, 0.3) is 0 Å². The zero-order valence-corrected chi connectivity index (χ0v) is 13.7. The third-order valence-electron chi connectivity index (χ3n) is 3.06. The van der Waals surface area contributed by atoms with E-state index in [1.165, 1.54) is 5.56 Å². The minimum absolute atomic E-state index is 0.0490. The lowest BCUT2D eigenvalue weighted by molar-refractivity contribution is 0.678. The van der Waals surface area contributed by atoms with Crippen LogP contribution in [0.15, 0.2) is 53.1 Å². The predicted molar refractivity (Wildman–Crippen MR) is 88.2 cm³/mol. The summed E-state index contributed by atoms with van der Waals surface area (Å²) in [5, 5.41) is 13.6. The largest absolute Gasteiger partial charge is 0.307 e. The number of rotatable bonds is 4. The van der Waals surface area contributed by atoms with Crippen LogP contribution in [0.25, 0.3) is 10.7 Å². The molecule has 0 amide bonds. The Morgan fingerprint density at radius 1 is 1.10 bits per heavy atom. The first kappa shape index (κ1) is 14.3. The first-order valence-electron chi connectivity index (χ1n) is 6.45. The molecule has 4 nitrogen and oxygen atoms in total. The molecule has 0 fully saturated rings. The number of nitrogens with zero attached hydrogens (tertiary/aromatic N) is 3. The van der Waals surface area contributed by atoms with Crippen molar-refractivity contribution in [3.63, 3.8) is 0 Å². The van der Waals surface area contributed by atoms with Crippen LogP contribution < -0.4 is 5.32 Å². The maximum absolute atomic E-state index is 4.36. The van der Waals surface area contributed by atoms with Gasteiger partial charge in [-0.1, -0.05) is 41.7 Å².